The zero-order valence-corrected chi connectivity index (χ0v) is 9.36. The van der Waals surface area contributed by atoms with Crippen molar-refractivity contribution in [1.82, 2.24) is 4.57 Å². The number of aryl methyl sites for hydroxylation is 1. The van der Waals surface area contributed by atoms with E-state index < -0.39 is 0 Å². The van der Waals surface area contributed by atoms with Crippen LogP contribution in [0.4, 0.5) is 0 Å². The summed E-state index contributed by atoms with van der Waals surface area (Å²) in [6.45, 7) is 3.51. The third kappa shape index (κ3) is 1.41. The largest absolute Gasteiger partial charge is 0.496 e. The number of methoxy groups -OCH3 is 1. The fourth-order valence-corrected chi connectivity index (χ4v) is 1.88. The predicted molar refractivity (Wildman–Crippen MR) is 64.0 cm³/mol. The monoisotopic (exact) mass is 215 g/mol. The molecule has 3 heteroatoms. The number of nitrogens with zero attached hydrogens (tertiary/aromatic N) is 1. The molecule has 0 N–H and O–H groups in total. The van der Waals surface area contributed by atoms with Crippen LogP contribution >= 0.6 is 0 Å². The molecule has 0 saturated carbocycles. The molecule has 0 amide bonds. The van der Waals surface area contributed by atoms with Crippen LogP contribution in [0.3, 0.4) is 0 Å². The highest BCUT2D eigenvalue weighted by Gasteiger charge is 2.14. The molecule has 3 nitrogen and oxygen atoms in total. The number of carbonyl (C=O) groups is 1. The van der Waals surface area contributed by atoms with Gasteiger partial charge in [0.1, 0.15) is 5.75 Å². The van der Waals surface area contributed by atoms with Gasteiger partial charge in [-0.25, -0.2) is 0 Å². The Morgan fingerprint density at radius 2 is 2.25 bits per heavy atom. The van der Waals surface area contributed by atoms with Gasteiger partial charge in [-0.2, -0.15) is 0 Å². The number of allylic oxidation sites excluding steroid dienone is 1. The molecule has 0 aliphatic heterocycles. The minimum atomic E-state index is -0.0879. The Labute approximate surface area is 93.9 Å². The van der Waals surface area contributed by atoms with Crippen LogP contribution in [-0.4, -0.2) is 17.5 Å². The molecule has 0 unspecified atom stereocenters. The summed E-state index contributed by atoms with van der Waals surface area (Å²) in [5, 5.41) is 0.845. The molecule has 0 aliphatic carbocycles. The van der Waals surface area contributed by atoms with Crippen LogP contribution in [0, 0.1) is 0 Å². The van der Waals surface area contributed by atoms with E-state index in [-0.39, 0.29) is 5.78 Å². The molecular weight excluding hydrogens is 202 g/mol. The van der Waals surface area contributed by atoms with Gasteiger partial charge >= 0.3 is 0 Å². The van der Waals surface area contributed by atoms with Gasteiger partial charge in [0.05, 0.1) is 23.6 Å². The van der Waals surface area contributed by atoms with Gasteiger partial charge in [0.2, 0.25) is 0 Å². The van der Waals surface area contributed by atoms with Gasteiger partial charge < -0.3 is 9.30 Å². The predicted octanol–water partition coefficient (Wildman–Crippen LogP) is 2.56. The summed E-state index contributed by atoms with van der Waals surface area (Å²) in [5.74, 6) is 0.624. The third-order valence-electron chi connectivity index (χ3n) is 2.65. The van der Waals surface area contributed by atoms with Gasteiger partial charge in [-0.15, -0.1) is 0 Å². The summed E-state index contributed by atoms with van der Waals surface area (Å²) in [4.78, 5) is 11.7. The number of ketones is 1. The van der Waals surface area contributed by atoms with Crippen molar-refractivity contribution < 1.29 is 9.53 Å². The highest BCUT2D eigenvalue weighted by Crippen LogP contribution is 2.30. The van der Waals surface area contributed by atoms with Crippen molar-refractivity contribution in [2.24, 2.45) is 7.05 Å². The van der Waals surface area contributed by atoms with E-state index in [9.17, 15) is 4.79 Å². The second-order valence-electron chi connectivity index (χ2n) is 3.58. The van der Waals surface area contributed by atoms with E-state index in [0.29, 0.717) is 11.3 Å². The molecule has 2 rings (SSSR count). The molecule has 1 aromatic heterocycles. The Kier molecular flexibility index (Phi) is 2.52. The van der Waals surface area contributed by atoms with Gasteiger partial charge in [-0.1, -0.05) is 12.6 Å². The van der Waals surface area contributed by atoms with Crippen molar-refractivity contribution in [1.29, 1.82) is 0 Å². The standard InChI is InChI=1S/C13H13NO2/c1-4-11(15)9-8-14(2)10-6-5-7-12(16-3)13(9)10/h4-8H,1H2,2-3H3. The minimum Gasteiger partial charge on any atom is -0.496 e. The Morgan fingerprint density at radius 3 is 2.88 bits per heavy atom. The summed E-state index contributed by atoms with van der Waals surface area (Å²) >= 11 is 0. The zero-order valence-electron chi connectivity index (χ0n) is 9.36. The van der Waals surface area contributed by atoms with Crippen molar-refractivity contribution in [3.63, 3.8) is 0 Å². The first-order valence-electron chi connectivity index (χ1n) is 4.98. The average molecular weight is 215 g/mol. The molecule has 1 aromatic carbocycles. The van der Waals surface area contributed by atoms with Gasteiger partial charge in [0.15, 0.2) is 5.78 Å². The van der Waals surface area contributed by atoms with Crippen molar-refractivity contribution in [3.8, 4) is 5.75 Å². The first-order chi connectivity index (χ1) is 7.69. The third-order valence-corrected chi connectivity index (χ3v) is 2.65. The maximum absolute atomic E-state index is 11.7. The van der Waals surface area contributed by atoms with Gasteiger partial charge in [0.25, 0.3) is 0 Å². The van der Waals surface area contributed by atoms with Crippen LogP contribution in [0.1, 0.15) is 10.4 Å². The quantitative estimate of drug-likeness (QED) is 0.582. The van der Waals surface area contributed by atoms with Crippen LogP contribution in [0.2, 0.25) is 0 Å². The van der Waals surface area contributed by atoms with E-state index >= 15 is 0 Å². The molecule has 2 aromatic rings. The molecular formula is C13H13NO2. The molecule has 0 spiro atoms. The fraction of sp³-hybridized carbons (Fsp3) is 0.154. The first kappa shape index (κ1) is 10.5. The number of rotatable bonds is 3. The SMILES string of the molecule is C=CC(=O)c1cn(C)c2cccc(OC)c12. The number of hydrogen-bond donors (Lipinski definition) is 0. The molecule has 0 radical (unpaired) electrons. The number of aromatic nitrogens is 1. The van der Waals surface area contributed by atoms with E-state index in [1.54, 1.807) is 13.3 Å². The van der Waals surface area contributed by atoms with Crippen molar-refractivity contribution in [3.05, 3.63) is 42.6 Å². The topological polar surface area (TPSA) is 31.2 Å². The van der Waals surface area contributed by atoms with Crippen molar-refractivity contribution >= 4 is 16.7 Å². The van der Waals surface area contributed by atoms with Crippen LogP contribution in [-0.2, 0) is 7.05 Å². The lowest BCUT2D eigenvalue weighted by Crippen LogP contribution is -1.93. The molecule has 82 valence electrons. The molecule has 0 aliphatic rings. The van der Waals surface area contributed by atoms with E-state index in [1.807, 2.05) is 29.8 Å². The second-order valence-corrected chi connectivity index (χ2v) is 3.58. The average Bonchev–Trinajstić information content (AvgIpc) is 2.66. The van der Waals surface area contributed by atoms with Crippen LogP contribution in [0.15, 0.2) is 37.1 Å². The number of benzene rings is 1. The Hall–Kier alpha value is -2.03. The molecule has 0 fully saturated rings. The zero-order chi connectivity index (χ0) is 11.7. The number of carbonyl (C=O) groups excluding carboxylic acids is 1. The van der Waals surface area contributed by atoms with Crippen LogP contribution in [0.25, 0.3) is 10.9 Å². The molecule has 0 atom stereocenters. The summed E-state index contributed by atoms with van der Waals surface area (Å²) in [7, 11) is 3.51. The van der Waals surface area contributed by atoms with Crippen molar-refractivity contribution in [2.75, 3.05) is 7.11 Å². The summed E-state index contributed by atoms with van der Waals surface area (Å²) in [6.07, 6.45) is 3.12. The highest BCUT2D eigenvalue weighted by atomic mass is 16.5. The highest BCUT2D eigenvalue weighted by molar-refractivity contribution is 6.14. The second kappa shape index (κ2) is 3.85. The maximum atomic E-state index is 11.7. The lowest BCUT2D eigenvalue weighted by atomic mass is 10.1. The lowest BCUT2D eigenvalue weighted by molar-refractivity contribution is 0.104. The first-order valence-corrected chi connectivity index (χ1v) is 4.98. The smallest absolute Gasteiger partial charge is 0.187 e. The molecule has 0 bridgehead atoms. The van der Waals surface area contributed by atoms with Crippen LogP contribution in [0.5, 0.6) is 5.75 Å². The van der Waals surface area contributed by atoms with E-state index in [0.717, 1.165) is 10.9 Å². The van der Waals surface area contributed by atoms with E-state index in [2.05, 4.69) is 6.58 Å². The number of fused-ring (bicyclic) bond motifs is 1. The Bertz CT molecular complexity index is 567. The normalized spacial score (nSPS) is 10.4. The number of ether oxygens (including phenoxy) is 1. The molecule has 0 saturated heterocycles. The maximum Gasteiger partial charge on any atom is 0.187 e. The summed E-state index contributed by atoms with van der Waals surface area (Å²) in [5.41, 5.74) is 1.61. The van der Waals surface area contributed by atoms with Gasteiger partial charge in [-0.3, -0.25) is 4.79 Å². The minimum absolute atomic E-state index is 0.0879. The summed E-state index contributed by atoms with van der Waals surface area (Å²) in [6, 6.07) is 5.71. The lowest BCUT2D eigenvalue weighted by Gasteiger charge is -2.03. The van der Waals surface area contributed by atoms with E-state index in [1.165, 1.54) is 6.08 Å². The van der Waals surface area contributed by atoms with Gasteiger partial charge in [0, 0.05) is 13.2 Å². The Morgan fingerprint density at radius 1 is 1.50 bits per heavy atom. The fourth-order valence-electron chi connectivity index (χ4n) is 1.88. The molecule has 1 heterocycles. The van der Waals surface area contributed by atoms with Crippen LogP contribution < -0.4 is 4.74 Å². The van der Waals surface area contributed by atoms with Gasteiger partial charge in [-0.05, 0) is 18.2 Å². The van der Waals surface area contributed by atoms with Crippen molar-refractivity contribution in [2.45, 2.75) is 0 Å². The van der Waals surface area contributed by atoms with E-state index in [4.69, 9.17) is 4.74 Å². The number of hydrogen-bond acceptors (Lipinski definition) is 2. The molecule has 16 heavy (non-hydrogen) atoms. The summed E-state index contributed by atoms with van der Waals surface area (Å²) < 4.78 is 7.19. The Balaban J connectivity index is 2.84.